The fourth-order valence-corrected chi connectivity index (χ4v) is 7.86. The molecule has 0 aliphatic heterocycles. The zero-order chi connectivity index (χ0) is 33.9. The van der Waals surface area contributed by atoms with Crippen molar-refractivity contribution < 1.29 is 0 Å². The van der Waals surface area contributed by atoms with Gasteiger partial charge in [0.15, 0.2) is 0 Å². The summed E-state index contributed by atoms with van der Waals surface area (Å²) < 4.78 is 5.82. The van der Waals surface area contributed by atoms with Gasteiger partial charge in [-0.1, -0.05) is 119 Å². The maximum absolute atomic E-state index is 5.02. The Morgan fingerprint density at radius 3 is 1.53 bits per heavy atom. The molecule has 4 heteroatoms. The molecule has 10 aromatic rings. The van der Waals surface area contributed by atoms with Gasteiger partial charge in [0.25, 0.3) is 0 Å². The Labute approximate surface area is 303 Å². The first-order valence-corrected chi connectivity index (χ1v) is 17.9. The molecule has 240 valence electrons. The summed E-state index contributed by atoms with van der Waals surface area (Å²) in [5.41, 5.74) is 13.6. The van der Waals surface area contributed by atoms with Crippen molar-refractivity contribution in [3.63, 3.8) is 0 Å². The summed E-state index contributed by atoms with van der Waals surface area (Å²) in [6, 6.07) is 65.2. The fourth-order valence-electron chi connectivity index (χ4n) is 7.59. The van der Waals surface area contributed by atoms with E-state index in [1.807, 2.05) is 0 Å². The zero-order valence-electron chi connectivity index (χ0n) is 27.5. The number of hydrogen-bond donors (Lipinski definition) is 0. The molecule has 7 aromatic carbocycles. The molecule has 0 unspecified atom stereocenters. The molecule has 0 bridgehead atoms. The molecule has 0 N–H and O–H groups in total. The van der Waals surface area contributed by atoms with Crippen molar-refractivity contribution in [3.8, 4) is 45.0 Å². The van der Waals surface area contributed by atoms with Gasteiger partial charge in [0.1, 0.15) is 0 Å². The molecule has 0 atom stereocenters. The largest absolute Gasteiger partial charge is 0.309 e. The highest BCUT2D eigenvalue weighted by Crippen LogP contribution is 2.38. The quantitative estimate of drug-likeness (QED) is 0.174. The number of hydrogen-bond acceptors (Lipinski definition) is 1. The number of rotatable bonds is 5. The van der Waals surface area contributed by atoms with E-state index in [0.29, 0.717) is 0 Å². The molecule has 10 rings (SSSR count). The monoisotopic (exact) mass is 715 g/mol. The van der Waals surface area contributed by atoms with Gasteiger partial charge in [-0.2, -0.15) is 0 Å². The van der Waals surface area contributed by atoms with Gasteiger partial charge >= 0.3 is 0 Å². The van der Waals surface area contributed by atoms with Crippen LogP contribution < -0.4 is 0 Å². The van der Waals surface area contributed by atoms with Crippen LogP contribution in [0.15, 0.2) is 186 Å². The number of halogens is 1. The Morgan fingerprint density at radius 2 is 0.824 bits per heavy atom. The molecule has 0 saturated heterocycles. The smallest absolute Gasteiger partial charge is 0.0709 e. The number of fused-ring (bicyclic) bond motifs is 6. The molecule has 0 spiro atoms. The minimum atomic E-state index is 0.954. The van der Waals surface area contributed by atoms with Gasteiger partial charge in [-0.05, 0) is 90.0 Å². The molecular formula is C47H30BrN3. The lowest BCUT2D eigenvalue weighted by Gasteiger charge is -2.11. The van der Waals surface area contributed by atoms with E-state index < -0.39 is 0 Å². The lowest BCUT2D eigenvalue weighted by molar-refractivity contribution is 1.18. The zero-order valence-corrected chi connectivity index (χ0v) is 29.1. The van der Waals surface area contributed by atoms with E-state index in [4.69, 9.17) is 4.98 Å². The Hall–Kier alpha value is -6.23. The van der Waals surface area contributed by atoms with E-state index in [1.165, 1.54) is 60.4 Å². The first-order valence-electron chi connectivity index (χ1n) is 17.2. The van der Waals surface area contributed by atoms with Gasteiger partial charge < -0.3 is 9.13 Å². The minimum absolute atomic E-state index is 0.954. The van der Waals surface area contributed by atoms with E-state index in [2.05, 4.69) is 207 Å². The maximum atomic E-state index is 5.02. The maximum Gasteiger partial charge on any atom is 0.0709 e. The normalized spacial score (nSPS) is 11.6. The first kappa shape index (κ1) is 29.7. The van der Waals surface area contributed by atoms with Gasteiger partial charge in [0, 0.05) is 48.5 Å². The highest BCUT2D eigenvalue weighted by molar-refractivity contribution is 9.10. The third kappa shape index (κ3) is 4.99. The van der Waals surface area contributed by atoms with E-state index >= 15 is 0 Å². The van der Waals surface area contributed by atoms with Crippen molar-refractivity contribution in [2.24, 2.45) is 0 Å². The summed E-state index contributed by atoms with van der Waals surface area (Å²) >= 11 is 3.54. The second-order valence-corrected chi connectivity index (χ2v) is 13.9. The summed E-state index contributed by atoms with van der Waals surface area (Å²) in [4.78, 5) is 5.02. The van der Waals surface area contributed by atoms with Crippen molar-refractivity contribution >= 4 is 59.5 Å². The predicted molar refractivity (Wildman–Crippen MR) is 217 cm³/mol. The van der Waals surface area contributed by atoms with Crippen molar-refractivity contribution in [2.75, 3.05) is 0 Å². The number of nitrogens with zero attached hydrogens (tertiary/aromatic N) is 3. The molecule has 0 aliphatic rings. The predicted octanol–water partition coefficient (Wildman–Crippen LogP) is 13.0. The van der Waals surface area contributed by atoms with Crippen LogP contribution in [-0.4, -0.2) is 14.1 Å². The molecule has 3 heterocycles. The summed E-state index contributed by atoms with van der Waals surface area (Å²) in [6.07, 6.45) is 0. The van der Waals surface area contributed by atoms with Crippen molar-refractivity contribution in [3.05, 3.63) is 186 Å². The van der Waals surface area contributed by atoms with Crippen LogP contribution in [0.2, 0.25) is 0 Å². The van der Waals surface area contributed by atoms with Gasteiger partial charge in [0.2, 0.25) is 0 Å². The third-order valence-electron chi connectivity index (χ3n) is 10.0. The number of benzene rings is 7. The summed E-state index contributed by atoms with van der Waals surface area (Å²) in [5, 5.41) is 4.99. The molecule has 3 nitrogen and oxygen atoms in total. The minimum Gasteiger partial charge on any atom is -0.309 e. The molecular weight excluding hydrogens is 686 g/mol. The highest BCUT2D eigenvalue weighted by Gasteiger charge is 2.16. The first-order chi connectivity index (χ1) is 25.2. The Bertz CT molecular complexity index is 2900. The molecule has 0 saturated carbocycles. The van der Waals surface area contributed by atoms with E-state index in [-0.39, 0.29) is 0 Å². The lowest BCUT2D eigenvalue weighted by Crippen LogP contribution is -1.95. The fraction of sp³-hybridized carbons (Fsp3) is 0. The lowest BCUT2D eigenvalue weighted by atomic mass is 10.0. The van der Waals surface area contributed by atoms with Crippen LogP contribution in [0.5, 0.6) is 0 Å². The van der Waals surface area contributed by atoms with Crippen molar-refractivity contribution in [2.45, 2.75) is 0 Å². The van der Waals surface area contributed by atoms with Crippen molar-refractivity contribution in [1.29, 1.82) is 0 Å². The van der Waals surface area contributed by atoms with Gasteiger partial charge in [-0.15, -0.1) is 0 Å². The van der Waals surface area contributed by atoms with Crippen LogP contribution in [0, 0.1) is 0 Å². The summed E-state index contributed by atoms with van der Waals surface area (Å²) in [7, 11) is 0. The molecule has 0 radical (unpaired) electrons. The van der Waals surface area contributed by atoms with E-state index in [9.17, 15) is 0 Å². The average molecular weight is 717 g/mol. The van der Waals surface area contributed by atoms with Gasteiger partial charge in [-0.25, -0.2) is 4.98 Å². The Morgan fingerprint density at radius 1 is 0.333 bits per heavy atom. The average Bonchev–Trinajstić information content (AvgIpc) is 3.71. The number of para-hydroxylation sites is 3. The molecule has 51 heavy (non-hydrogen) atoms. The van der Waals surface area contributed by atoms with Gasteiger partial charge in [-0.3, -0.25) is 0 Å². The van der Waals surface area contributed by atoms with Crippen LogP contribution in [0.1, 0.15) is 0 Å². The molecule has 0 amide bonds. The molecule has 0 aliphatic carbocycles. The molecule has 0 fully saturated rings. The molecule has 3 aromatic heterocycles. The van der Waals surface area contributed by atoms with E-state index in [0.717, 1.165) is 32.7 Å². The van der Waals surface area contributed by atoms with Crippen molar-refractivity contribution in [1.82, 2.24) is 14.1 Å². The summed E-state index contributed by atoms with van der Waals surface area (Å²) in [5.74, 6) is 0. The summed E-state index contributed by atoms with van der Waals surface area (Å²) in [6.45, 7) is 0. The Kier molecular flexibility index (Phi) is 6.97. The highest BCUT2D eigenvalue weighted by atomic mass is 79.9. The van der Waals surface area contributed by atoms with Crippen LogP contribution >= 0.6 is 15.9 Å². The van der Waals surface area contributed by atoms with E-state index in [1.54, 1.807) is 0 Å². The van der Waals surface area contributed by atoms with Crippen LogP contribution in [-0.2, 0) is 0 Å². The Balaban J connectivity index is 1.09. The topological polar surface area (TPSA) is 22.8 Å². The second kappa shape index (κ2) is 12.0. The number of pyridine rings is 1. The number of aromatic nitrogens is 3. The second-order valence-electron chi connectivity index (χ2n) is 13.0. The van der Waals surface area contributed by atoms with Crippen LogP contribution in [0.25, 0.3) is 88.6 Å². The third-order valence-corrected chi connectivity index (χ3v) is 10.5. The van der Waals surface area contributed by atoms with Gasteiger partial charge in [0.05, 0.1) is 33.5 Å². The van der Waals surface area contributed by atoms with Crippen LogP contribution in [0.4, 0.5) is 0 Å². The standard InChI is InChI=1S/C47H30BrN3/c48-35-23-17-31(18-24-35)42-13-8-14-43(49-42)32-19-25-37(26-20-32)51-44-15-6-4-11-38(44)40-27-21-34(30-47(40)51)33-22-28-46-41(29-33)39-12-5-7-16-45(39)50(46)36-9-2-1-3-10-36/h1-30H. The van der Waals surface area contributed by atoms with Crippen LogP contribution in [0.3, 0.4) is 0 Å². The SMILES string of the molecule is Brc1ccc(-c2cccc(-c3ccc(-n4c5ccccc5c5ccc(-c6ccc7c(c6)c6ccccc6n7-c6ccccc6)cc54)cc3)n2)cc1.